The molecule has 0 aliphatic carbocycles. The smallest absolute Gasteiger partial charge is 0.277 e. The fourth-order valence-corrected chi connectivity index (χ4v) is 4.01. The number of benzene rings is 1. The van der Waals surface area contributed by atoms with Gasteiger partial charge < -0.3 is 9.88 Å². The molecule has 0 bridgehead atoms. The van der Waals surface area contributed by atoms with Crippen LogP contribution in [-0.2, 0) is 6.42 Å². The van der Waals surface area contributed by atoms with Crippen LogP contribution >= 0.6 is 11.6 Å². The molecule has 4 rings (SSSR count). The van der Waals surface area contributed by atoms with Gasteiger partial charge in [0.05, 0.1) is 5.56 Å². The lowest BCUT2D eigenvalue weighted by Crippen LogP contribution is -2.34. The Labute approximate surface area is 201 Å². The molecule has 0 atom stereocenters. The number of hydrogen-bond donors (Lipinski definition) is 3. The van der Waals surface area contributed by atoms with E-state index in [0.29, 0.717) is 5.95 Å². The molecule has 33 heavy (non-hydrogen) atoms. The van der Waals surface area contributed by atoms with Gasteiger partial charge in [-0.3, -0.25) is 10.0 Å². The van der Waals surface area contributed by atoms with Crippen molar-refractivity contribution in [1.29, 1.82) is 0 Å². The molecule has 0 saturated carbocycles. The SMILES string of the molecule is CC.CCC1CCN(c2ncc(C(=O)NO)cn2)CC1.CCCc1c[nH]c2ccc(Cl)cc12. The Bertz CT molecular complexity index is 982. The highest BCUT2D eigenvalue weighted by molar-refractivity contribution is 6.31. The Morgan fingerprint density at radius 2 is 1.88 bits per heavy atom. The van der Waals surface area contributed by atoms with Crippen LogP contribution in [-0.4, -0.2) is 39.2 Å². The maximum Gasteiger partial charge on any atom is 0.277 e. The zero-order valence-corrected chi connectivity index (χ0v) is 20.8. The minimum Gasteiger partial charge on any atom is -0.361 e. The van der Waals surface area contributed by atoms with Gasteiger partial charge in [0, 0.05) is 47.6 Å². The van der Waals surface area contributed by atoms with E-state index in [-0.39, 0.29) is 5.56 Å². The van der Waals surface area contributed by atoms with Gasteiger partial charge in [-0.1, -0.05) is 52.1 Å². The summed E-state index contributed by atoms with van der Waals surface area (Å²) < 4.78 is 0. The number of fused-ring (bicyclic) bond motifs is 1. The van der Waals surface area contributed by atoms with Crippen molar-refractivity contribution in [3.63, 3.8) is 0 Å². The average Bonchev–Trinajstić information content (AvgIpc) is 3.27. The second kappa shape index (κ2) is 13.8. The molecule has 1 aliphatic rings. The lowest BCUT2D eigenvalue weighted by Gasteiger charge is -2.31. The van der Waals surface area contributed by atoms with E-state index >= 15 is 0 Å². The normalized spacial score (nSPS) is 13.6. The summed E-state index contributed by atoms with van der Waals surface area (Å²) in [5.74, 6) is 0.867. The molecular formula is C25H36ClN5O2. The Kier molecular flexibility index (Phi) is 11.1. The van der Waals surface area contributed by atoms with E-state index in [1.54, 1.807) is 5.48 Å². The third kappa shape index (κ3) is 7.44. The monoisotopic (exact) mass is 473 g/mol. The molecule has 0 unspecified atom stereocenters. The second-order valence-corrected chi connectivity index (χ2v) is 8.24. The number of hydroxylamine groups is 1. The van der Waals surface area contributed by atoms with Crippen molar-refractivity contribution in [2.24, 2.45) is 5.92 Å². The van der Waals surface area contributed by atoms with Crippen molar-refractivity contribution < 1.29 is 10.0 Å². The standard InChI is InChI=1S/C12H18N4O2.C11H12ClN.C2H6/c1-2-9-3-5-16(6-4-9)12-13-7-10(8-14-12)11(17)15-18;1-2-3-8-7-13-11-5-4-9(12)6-10(8)11;1-2/h7-9,18H,2-6H2,1H3,(H,15,17);4-7,13H,2-3H2,1H3;1-2H3. The number of nitrogens with one attached hydrogen (secondary N) is 2. The minimum absolute atomic E-state index is 0.254. The Hall–Kier alpha value is -2.64. The van der Waals surface area contributed by atoms with E-state index in [1.807, 2.05) is 32.0 Å². The first kappa shape index (κ1) is 26.6. The molecule has 0 radical (unpaired) electrons. The lowest BCUT2D eigenvalue weighted by atomic mass is 9.95. The van der Waals surface area contributed by atoms with Crippen LogP contribution in [0.1, 0.15) is 69.3 Å². The third-order valence-electron chi connectivity index (χ3n) is 5.73. The summed E-state index contributed by atoms with van der Waals surface area (Å²) in [5.41, 5.74) is 4.35. The van der Waals surface area contributed by atoms with Crippen LogP contribution < -0.4 is 10.4 Å². The number of carbonyl (C=O) groups excluding carboxylic acids is 1. The van der Waals surface area contributed by atoms with Crippen LogP contribution in [0.15, 0.2) is 36.8 Å². The maximum atomic E-state index is 11.1. The van der Waals surface area contributed by atoms with Gasteiger partial charge in [0.1, 0.15) is 0 Å². The summed E-state index contributed by atoms with van der Waals surface area (Å²) in [4.78, 5) is 24.8. The number of halogens is 1. The summed E-state index contributed by atoms with van der Waals surface area (Å²) >= 11 is 5.93. The van der Waals surface area contributed by atoms with Gasteiger partial charge in [-0.2, -0.15) is 0 Å². The summed E-state index contributed by atoms with van der Waals surface area (Å²) in [5, 5.41) is 10.6. The number of nitrogens with zero attached hydrogens (tertiary/aromatic N) is 3. The van der Waals surface area contributed by atoms with Crippen molar-refractivity contribution in [2.75, 3.05) is 18.0 Å². The highest BCUT2D eigenvalue weighted by Crippen LogP contribution is 2.23. The summed E-state index contributed by atoms with van der Waals surface area (Å²) in [7, 11) is 0. The molecule has 0 spiro atoms. The van der Waals surface area contributed by atoms with Gasteiger partial charge in [-0.05, 0) is 48.9 Å². The zero-order valence-electron chi connectivity index (χ0n) is 20.1. The Morgan fingerprint density at radius 3 is 2.45 bits per heavy atom. The topological polar surface area (TPSA) is 94.1 Å². The molecule has 1 fully saturated rings. The van der Waals surface area contributed by atoms with Crippen molar-refractivity contribution in [1.82, 2.24) is 20.4 Å². The van der Waals surface area contributed by atoms with Crippen molar-refractivity contribution in [3.05, 3.63) is 52.9 Å². The number of carbonyl (C=O) groups is 1. The summed E-state index contributed by atoms with van der Waals surface area (Å²) in [6.07, 6.45) is 10.8. The molecule has 1 aromatic carbocycles. The van der Waals surface area contributed by atoms with Crippen LogP contribution in [0.3, 0.4) is 0 Å². The van der Waals surface area contributed by atoms with Crippen molar-refractivity contribution in [3.8, 4) is 0 Å². The van der Waals surface area contributed by atoms with Crippen LogP contribution in [0.2, 0.25) is 5.02 Å². The maximum absolute atomic E-state index is 11.1. The van der Waals surface area contributed by atoms with E-state index < -0.39 is 5.91 Å². The van der Waals surface area contributed by atoms with Gasteiger partial charge in [-0.25, -0.2) is 15.4 Å². The molecule has 8 heteroatoms. The zero-order chi connectivity index (χ0) is 24.2. The largest absolute Gasteiger partial charge is 0.361 e. The molecule has 3 aromatic rings. The molecule has 7 nitrogen and oxygen atoms in total. The van der Waals surface area contributed by atoms with E-state index in [9.17, 15) is 4.79 Å². The fraction of sp³-hybridized carbons (Fsp3) is 0.480. The first-order valence-electron chi connectivity index (χ1n) is 11.8. The number of anilines is 1. The lowest BCUT2D eigenvalue weighted by molar-refractivity contribution is 0.0705. The summed E-state index contributed by atoms with van der Waals surface area (Å²) in [6, 6.07) is 5.96. The highest BCUT2D eigenvalue weighted by atomic mass is 35.5. The quantitative estimate of drug-likeness (QED) is 0.311. The number of amides is 1. The fourth-order valence-electron chi connectivity index (χ4n) is 3.83. The summed E-state index contributed by atoms with van der Waals surface area (Å²) in [6.45, 7) is 10.3. The molecule has 2 aromatic heterocycles. The molecule has 1 saturated heterocycles. The van der Waals surface area contributed by atoms with E-state index in [2.05, 4.69) is 39.9 Å². The molecule has 180 valence electrons. The highest BCUT2D eigenvalue weighted by Gasteiger charge is 2.19. The molecule has 1 aliphatic heterocycles. The number of aryl methyl sites for hydroxylation is 1. The first-order chi connectivity index (χ1) is 16.0. The van der Waals surface area contributed by atoms with Crippen LogP contribution in [0.25, 0.3) is 10.9 Å². The van der Waals surface area contributed by atoms with Crippen LogP contribution in [0.5, 0.6) is 0 Å². The van der Waals surface area contributed by atoms with Crippen molar-refractivity contribution in [2.45, 2.75) is 59.8 Å². The van der Waals surface area contributed by atoms with Gasteiger partial charge in [0.2, 0.25) is 5.95 Å². The number of aromatic nitrogens is 3. The number of H-pyrrole nitrogens is 1. The van der Waals surface area contributed by atoms with Crippen LogP contribution in [0, 0.1) is 5.92 Å². The Balaban J connectivity index is 0.000000227. The molecule has 1 amide bonds. The van der Waals surface area contributed by atoms with Crippen molar-refractivity contribution >= 4 is 34.4 Å². The molecule has 3 heterocycles. The van der Waals surface area contributed by atoms with Gasteiger partial charge >= 0.3 is 0 Å². The van der Waals surface area contributed by atoms with Gasteiger partial charge in [-0.15, -0.1) is 0 Å². The minimum atomic E-state index is -0.591. The van der Waals surface area contributed by atoms with E-state index in [0.717, 1.165) is 30.5 Å². The number of piperidine rings is 1. The Morgan fingerprint density at radius 1 is 1.21 bits per heavy atom. The van der Waals surface area contributed by atoms with E-state index in [1.165, 1.54) is 54.5 Å². The van der Waals surface area contributed by atoms with Gasteiger partial charge in [0.25, 0.3) is 5.91 Å². The van der Waals surface area contributed by atoms with Gasteiger partial charge in [0.15, 0.2) is 0 Å². The molecule has 3 N–H and O–H groups in total. The first-order valence-corrected chi connectivity index (χ1v) is 12.2. The third-order valence-corrected chi connectivity index (χ3v) is 5.96. The molecular weight excluding hydrogens is 438 g/mol. The van der Waals surface area contributed by atoms with E-state index in [4.69, 9.17) is 16.8 Å². The second-order valence-electron chi connectivity index (χ2n) is 7.81. The predicted molar refractivity (Wildman–Crippen MR) is 135 cm³/mol. The predicted octanol–water partition coefficient (Wildman–Crippen LogP) is 6.02. The number of hydrogen-bond acceptors (Lipinski definition) is 5. The number of aromatic amines is 1. The average molecular weight is 474 g/mol. The number of rotatable bonds is 5. The van der Waals surface area contributed by atoms with Crippen LogP contribution in [0.4, 0.5) is 5.95 Å².